The summed E-state index contributed by atoms with van der Waals surface area (Å²) in [5, 5.41) is 4.39. The highest BCUT2D eigenvalue weighted by molar-refractivity contribution is 5.88. The molecule has 2 heterocycles. The van der Waals surface area contributed by atoms with Gasteiger partial charge in [0.05, 0.1) is 17.4 Å². The Balaban J connectivity index is 2.53. The highest BCUT2D eigenvalue weighted by Gasteiger charge is 2.02. The summed E-state index contributed by atoms with van der Waals surface area (Å²) in [6.07, 6.45) is 5.44. The number of anilines is 1. The van der Waals surface area contributed by atoms with Gasteiger partial charge in [0.15, 0.2) is 0 Å². The first-order valence-corrected chi connectivity index (χ1v) is 4.72. The summed E-state index contributed by atoms with van der Waals surface area (Å²) < 4.78 is 0. The highest BCUT2D eigenvalue weighted by atomic mass is 14.9. The molecule has 0 aromatic carbocycles. The molecule has 0 bridgehead atoms. The van der Waals surface area contributed by atoms with Gasteiger partial charge in [-0.25, -0.2) is 0 Å². The van der Waals surface area contributed by atoms with E-state index in [1.165, 1.54) is 0 Å². The molecule has 0 atom stereocenters. The normalized spacial score (nSPS) is 10.8. The van der Waals surface area contributed by atoms with E-state index in [1.54, 1.807) is 6.20 Å². The fraction of sp³-hybridized carbons (Fsp3) is 0.273. The first kappa shape index (κ1) is 8.94. The van der Waals surface area contributed by atoms with Crippen molar-refractivity contribution in [3.63, 3.8) is 0 Å². The van der Waals surface area contributed by atoms with Crippen LogP contribution in [0, 0.1) is 0 Å². The molecule has 3 heteroatoms. The van der Waals surface area contributed by atoms with Gasteiger partial charge in [-0.15, -0.1) is 0 Å². The van der Waals surface area contributed by atoms with Crippen LogP contribution in [-0.4, -0.2) is 16.0 Å². The van der Waals surface area contributed by atoms with E-state index in [9.17, 15) is 0 Å². The molecule has 14 heavy (non-hydrogen) atoms. The molecular weight excluding hydrogens is 174 g/mol. The maximum Gasteiger partial charge on any atom is 0.0964 e. The standard InChI is InChI=1S/C11H13N3/c1-8(2)14-10-7-12-6-9-4-3-5-13-11(9)10/h3-8,14H,1-2H3. The number of nitrogens with one attached hydrogen (secondary N) is 1. The molecule has 0 amide bonds. The molecule has 0 aliphatic carbocycles. The molecule has 0 aliphatic heterocycles. The zero-order valence-electron chi connectivity index (χ0n) is 8.36. The molecule has 0 saturated carbocycles. The minimum Gasteiger partial charge on any atom is -0.380 e. The van der Waals surface area contributed by atoms with Crippen LogP contribution in [-0.2, 0) is 0 Å². The van der Waals surface area contributed by atoms with Crippen molar-refractivity contribution in [2.75, 3.05) is 5.32 Å². The zero-order valence-corrected chi connectivity index (χ0v) is 8.36. The van der Waals surface area contributed by atoms with Gasteiger partial charge in [0.2, 0.25) is 0 Å². The third-order valence-corrected chi connectivity index (χ3v) is 1.96. The molecule has 2 aromatic rings. The van der Waals surface area contributed by atoms with Crippen molar-refractivity contribution >= 4 is 16.6 Å². The van der Waals surface area contributed by atoms with E-state index in [0.717, 1.165) is 16.6 Å². The average Bonchev–Trinajstić information content (AvgIpc) is 2.18. The zero-order chi connectivity index (χ0) is 9.97. The molecule has 0 unspecified atom stereocenters. The average molecular weight is 187 g/mol. The lowest BCUT2D eigenvalue weighted by Gasteiger charge is -2.10. The number of pyridine rings is 2. The Morgan fingerprint density at radius 2 is 2.14 bits per heavy atom. The summed E-state index contributed by atoms with van der Waals surface area (Å²) in [7, 11) is 0. The van der Waals surface area contributed by atoms with Crippen molar-refractivity contribution in [3.8, 4) is 0 Å². The summed E-state index contributed by atoms with van der Waals surface area (Å²) in [6.45, 7) is 4.20. The van der Waals surface area contributed by atoms with Gasteiger partial charge in [0.25, 0.3) is 0 Å². The highest BCUT2D eigenvalue weighted by Crippen LogP contribution is 2.19. The van der Waals surface area contributed by atoms with Crippen LogP contribution >= 0.6 is 0 Å². The molecule has 72 valence electrons. The number of hydrogen-bond donors (Lipinski definition) is 1. The maximum atomic E-state index is 4.33. The third kappa shape index (κ3) is 1.66. The van der Waals surface area contributed by atoms with E-state index < -0.39 is 0 Å². The van der Waals surface area contributed by atoms with Crippen LogP contribution in [0.2, 0.25) is 0 Å². The fourth-order valence-corrected chi connectivity index (χ4v) is 1.42. The maximum absolute atomic E-state index is 4.33. The lowest BCUT2D eigenvalue weighted by molar-refractivity contribution is 0.899. The van der Waals surface area contributed by atoms with Gasteiger partial charge in [-0.1, -0.05) is 0 Å². The van der Waals surface area contributed by atoms with Crippen molar-refractivity contribution in [2.45, 2.75) is 19.9 Å². The largest absolute Gasteiger partial charge is 0.380 e. The van der Waals surface area contributed by atoms with Crippen molar-refractivity contribution in [3.05, 3.63) is 30.7 Å². The van der Waals surface area contributed by atoms with Gasteiger partial charge in [-0.2, -0.15) is 0 Å². The van der Waals surface area contributed by atoms with Gasteiger partial charge < -0.3 is 5.32 Å². The van der Waals surface area contributed by atoms with Crippen LogP contribution < -0.4 is 5.32 Å². The van der Waals surface area contributed by atoms with Gasteiger partial charge in [0, 0.05) is 23.8 Å². The van der Waals surface area contributed by atoms with E-state index in [4.69, 9.17) is 0 Å². The van der Waals surface area contributed by atoms with Gasteiger partial charge >= 0.3 is 0 Å². The summed E-state index contributed by atoms with van der Waals surface area (Å²) in [5.41, 5.74) is 1.98. The Morgan fingerprint density at radius 3 is 2.93 bits per heavy atom. The summed E-state index contributed by atoms with van der Waals surface area (Å²) in [5.74, 6) is 0. The number of nitrogens with zero attached hydrogens (tertiary/aromatic N) is 2. The smallest absolute Gasteiger partial charge is 0.0964 e. The second-order valence-corrected chi connectivity index (χ2v) is 3.56. The topological polar surface area (TPSA) is 37.8 Å². The second-order valence-electron chi connectivity index (χ2n) is 3.56. The lowest BCUT2D eigenvalue weighted by Crippen LogP contribution is -2.10. The Hall–Kier alpha value is -1.64. The second kappa shape index (κ2) is 3.62. The molecule has 0 saturated heterocycles. The molecule has 2 rings (SSSR count). The van der Waals surface area contributed by atoms with Crippen LogP contribution in [0.3, 0.4) is 0 Å². The van der Waals surface area contributed by atoms with Crippen LogP contribution in [0.4, 0.5) is 5.69 Å². The van der Waals surface area contributed by atoms with Crippen LogP contribution in [0.25, 0.3) is 10.9 Å². The Kier molecular flexibility index (Phi) is 2.31. The molecule has 0 spiro atoms. The van der Waals surface area contributed by atoms with Gasteiger partial charge in [0.1, 0.15) is 0 Å². The minimum atomic E-state index is 0.393. The molecule has 0 aliphatic rings. The Labute approximate surface area is 83.2 Å². The van der Waals surface area contributed by atoms with E-state index in [2.05, 4.69) is 29.1 Å². The van der Waals surface area contributed by atoms with Crippen molar-refractivity contribution < 1.29 is 0 Å². The van der Waals surface area contributed by atoms with Crippen LogP contribution in [0.5, 0.6) is 0 Å². The number of rotatable bonds is 2. The van der Waals surface area contributed by atoms with Crippen LogP contribution in [0.1, 0.15) is 13.8 Å². The van der Waals surface area contributed by atoms with E-state index in [0.29, 0.717) is 6.04 Å². The van der Waals surface area contributed by atoms with E-state index in [1.807, 2.05) is 24.5 Å². The first-order valence-electron chi connectivity index (χ1n) is 4.72. The number of aromatic nitrogens is 2. The predicted molar refractivity (Wildman–Crippen MR) is 58.3 cm³/mol. The summed E-state index contributed by atoms with van der Waals surface area (Å²) in [6, 6.07) is 4.33. The Morgan fingerprint density at radius 1 is 1.29 bits per heavy atom. The molecule has 1 N–H and O–H groups in total. The van der Waals surface area contributed by atoms with E-state index in [-0.39, 0.29) is 0 Å². The van der Waals surface area contributed by atoms with Gasteiger partial charge in [-0.3, -0.25) is 9.97 Å². The Bertz CT molecular complexity index is 432. The van der Waals surface area contributed by atoms with Gasteiger partial charge in [-0.05, 0) is 26.0 Å². The number of fused-ring (bicyclic) bond motifs is 1. The van der Waals surface area contributed by atoms with E-state index >= 15 is 0 Å². The van der Waals surface area contributed by atoms with Crippen molar-refractivity contribution in [1.29, 1.82) is 0 Å². The summed E-state index contributed by atoms with van der Waals surface area (Å²) in [4.78, 5) is 8.50. The SMILES string of the molecule is CC(C)Nc1cncc2cccnc12. The van der Waals surface area contributed by atoms with Crippen molar-refractivity contribution in [1.82, 2.24) is 9.97 Å². The van der Waals surface area contributed by atoms with Crippen LogP contribution in [0.15, 0.2) is 30.7 Å². The molecule has 0 radical (unpaired) electrons. The molecule has 2 aromatic heterocycles. The number of hydrogen-bond acceptors (Lipinski definition) is 3. The monoisotopic (exact) mass is 187 g/mol. The first-order chi connectivity index (χ1) is 6.77. The lowest BCUT2D eigenvalue weighted by atomic mass is 10.2. The minimum absolute atomic E-state index is 0.393. The quantitative estimate of drug-likeness (QED) is 0.784. The molecule has 3 nitrogen and oxygen atoms in total. The molecule has 0 fully saturated rings. The fourth-order valence-electron chi connectivity index (χ4n) is 1.42. The predicted octanol–water partition coefficient (Wildman–Crippen LogP) is 2.45. The third-order valence-electron chi connectivity index (χ3n) is 1.96. The molecular formula is C11H13N3. The summed E-state index contributed by atoms with van der Waals surface area (Å²) >= 11 is 0. The van der Waals surface area contributed by atoms with Crippen molar-refractivity contribution in [2.24, 2.45) is 0 Å².